The zero-order valence-corrected chi connectivity index (χ0v) is 15.9. The second-order valence-electron chi connectivity index (χ2n) is 7.75. The van der Waals surface area contributed by atoms with Gasteiger partial charge >= 0.3 is 11.9 Å². The molecule has 1 aliphatic carbocycles. The molecule has 0 saturated heterocycles. The topological polar surface area (TPSA) is 90.6 Å². The maximum absolute atomic E-state index is 12.0. The Labute approximate surface area is 155 Å². The molecule has 0 aromatic heterocycles. The van der Waals surface area contributed by atoms with E-state index >= 15 is 0 Å². The average Bonchev–Trinajstić information content (AvgIpc) is 3.06. The van der Waals surface area contributed by atoms with Crippen LogP contribution in [0.3, 0.4) is 0 Å². The SMILES string of the molecule is CC(C)(C)OC(=O)C(N)c1ccc(CNCC(=O)OC2CCCC2)cc1. The van der Waals surface area contributed by atoms with Crippen LogP contribution in [0.5, 0.6) is 0 Å². The van der Waals surface area contributed by atoms with Gasteiger partial charge in [0.15, 0.2) is 0 Å². The van der Waals surface area contributed by atoms with Crippen LogP contribution in [0.1, 0.15) is 63.6 Å². The van der Waals surface area contributed by atoms with Crippen LogP contribution < -0.4 is 11.1 Å². The van der Waals surface area contributed by atoms with Crippen LogP contribution in [0.4, 0.5) is 0 Å². The molecule has 1 saturated carbocycles. The van der Waals surface area contributed by atoms with Gasteiger partial charge in [0, 0.05) is 6.54 Å². The Balaban J connectivity index is 1.76. The highest BCUT2D eigenvalue weighted by Crippen LogP contribution is 2.21. The van der Waals surface area contributed by atoms with Crippen molar-refractivity contribution in [2.24, 2.45) is 5.73 Å². The zero-order valence-electron chi connectivity index (χ0n) is 15.9. The number of nitrogens with one attached hydrogen (secondary N) is 1. The van der Waals surface area contributed by atoms with Gasteiger partial charge in [0.25, 0.3) is 0 Å². The summed E-state index contributed by atoms with van der Waals surface area (Å²) in [5.74, 6) is -0.654. The van der Waals surface area contributed by atoms with E-state index in [-0.39, 0.29) is 18.6 Å². The van der Waals surface area contributed by atoms with Crippen LogP contribution in [0.2, 0.25) is 0 Å². The molecule has 6 nitrogen and oxygen atoms in total. The molecule has 1 atom stereocenters. The van der Waals surface area contributed by atoms with Gasteiger partial charge in [0.1, 0.15) is 17.7 Å². The van der Waals surface area contributed by atoms with Crippen molar-refractivity contribution in [1.29, 1.82) is 0 Å². The fourth-order valence-electron chi connectivity index (χ4n) is 2.89. The Morgan fingerprint density at radius 2 is 1.81 bits per heavy atom. The largest absolute Gasteiger partial charge is 0.461 e. The van der Waals surface area contributed by atoms with Crippen molar-refractivity contribution in [1.82, 2.24) is 5.32 Å². The van der Waals surface area contributed by atoms with E-state index in [2.05, 4.69) is 5.32 Å². The number of hydrogen-bond acceptors (Lipinski definition) is 6. The van der Waals surface area contributed by atoms with E-state index < -0.39 is 17.6 Å². The Morgan fingerprint density at radius 3 is 2.38 bits per heavy atom. The van der Waals surface area contributed by atoms with Gasteiger partial charge in [0.05, 0.1) is 6.54 Å². The van der Waals surface area contributed by atoms with E-state index in [0.717, 1.165) is 31.2 Å². The molecule has 0 aliphatic heterocycles. The third-order valence-corrected chi connectivity index (χ3v) is 4.20. The lowest BCUT2D eigenvalue weighted by Gasteiger charge is -2.22. The lowest BCUT2D eigenvalue weighted by Crippen LogP contribution is -2.31. The number of rotatable bonds is 7. The fourth-order valence-corrected chi connectivity index (χ4v) is 2.89. The van der Waals surface area contributed by atoms with Gasteiger partial charge in [-0.2, -0.15) is 0 Å². The lowest BCUT2D eigenvalue weighted by molar-refractivity contribution is -0.156. The van der Waals surface area contributed by atoms with Gasteiger partial charge in [-0.25, -0.2) is 4.79 Å². The van der Waals surface area contributed by atoms with Crippen LogP contribution in [-0.2, 0) is 25.6 Å². The quantitative estimate of drug-likeness (QED) is 0.725. The number of nitrogens with two attached hydrogens (primary N) is 1. The van der Waals surface area contributed by atoms with Crippen molar-refractivity contribution in [3.8, 4) is 0 Å². The summed E-state index contributed by atoms with van der Waals surface area (Å²) < 4.78 is 10.7. The molecule has 1 aromatic carbocycles. The molecule has 0 bridgehead atoms. The van der Waals surface area contributed by atoms with Gasteiger partial charge in [-0.1, -0.05) is 24.3 Å². The van der Waals surface area contributed by atoms with Gasteiger partial charge in [-0.15, -0.1) is 0 Å². The Morgan fingerprint density at radius 1 is 1.19 bits per heavy atom. The van der Waals surface area contributed by atoms with E-state index in [9.17, 15) is 9.59 Å². The summed E-state index contributed by atoms with van der Waals surface area (Å²) in [4.78, 5) is 23.8. The minimum absolute atomic E-state index is 0.0953. The molecule has 1 unspecified atom stereocenters. The van der Waals surface area contributed by atoms with Gasteiger partial charge in [-0.05, 0) is 57.6 Å². The Kier molecular flexibility index (Phi) is 7.17. The molecule has 26 heavy (non-hydrogen) atoms. The molecule has 144 valence electrons. The summed E-state index contributed by atoms with van der Waals surface area (Å²) >= 11 is 0. The smallest absolute Gasteiger partial charge is 0.328 e. The van der Waals surface area contributed by atoms with Crippen molar-refractivity contribution in [3.63, 3.8) is 0 Å². The maximum Gasteiger partial charge on any atom is 0.328 e. The summed E-state index contributed by atoms with van der Waals surface area (Å²) in [6, 6.07) is 6.58. The lowest BCUT2D eigenvalue weighted by atomic mass is 10.1. The van der Waals surface area contributed by atoms with Crippen molar-refractivity contribution in [2.75, 3.05) is 6.54 Å². The second kappa shape index (κ2) is 9.14. The number of hydrogen-bond donors (Lipinski definition) is 2. The van der Waals surface area contributed by atoms with E-state index in [0.29, 0.717) is 12.1 Å². The normalized spacial score (nSPS) is 16.3. The maximum atomic E-state index is 12.0. The predicted octanol–water partition coefficient (Wildman–Crippen LogP) is 2.60. The third kappa shape index (κ3) is 6.77. The number of ether oxygens (including phenoxy) is 2. The number of esters is 2. The number of carbonyl (C=O) groups is 2. The molecule has 1 fully saturated rings. The number of benzene rings is 1. The predicted molar refractivity (Wildman–Crippen MR) is 99.3 cm³/mol. The second-order valence-corrected chi connectivity index (χ2v) is 7.75. The van der Waals surface area contributed by atoms with E-state index in [4.69, 9.17) is 15.2 Å². The summed E-state index contributed by atoms with van der Waals surface area (Å²) in [5, 5.41) is 3.08. The molecule has 3 N–H and O–H groups in total. The van der Waals surface area contributed by atoms with E-state index in [1.165, 1.54) is 0 Å². The van der Waals surface area contributed by atoms with Crippen molar-refractivity contribution in [3.05, 3.63) is 35.4 Å². The van der Waals surface area contributed by atoms with Crippen molar-refractivity contribution >= 4 is 11.9 Å². The van der Waals surface area contributed by atoms with E-state index in [1.807, 2.05) is 45.0 Å². The molecule has 1 aliphatic rings. The zero-order chi connectivity index (χ0) is 19.2. The van der Waals surface area contributed by atoms with Crippen LogP contribution in [0, 0.1) is 0 Å². The molecule has 1 aromatic rings. The molecule has 6 heteroatoms. The van der Waals surface area contributed by atoms with Gasteiger partial charge < -0.3 is 20.5 Å². The van der Waals surface area contributed by atoms with Crippen LogP contribution in [0.15, 0.2) is 24.3 Å². The molecule has 0 amide bonds. The van der Waals surface area contributed by atoms with Crippen LogP contribution in [0.25, 0.3) is 0 Å². The monoisotopic (exact) mass is 362 g/mol. The standard InChI is InChI=1S/C20H30N2O4/c1-20(2,3)26-19(24)18(21)15-10-8-14(9-11-15)12-22-13-17(23)25-16-6-4-5-7-16/h8-11,16,18,22H,4-7,12-13,21H2,1-3H3. The summed E-state index contributed by atoms with van der Waals surface area (Å²) in [5.41, 5.74) is 7.09. The highest BCUT2D eigenvalue weighted by atomic mass is 16.6. The van der Waals surface area contributed by atoms with E-state index in [1.54, 1.807) is 0 Å². The van der Waals surface area contributed by atoms with Gasteiger partial charge in [0.2, 0.25) is 0 Å². The summed E-state index contributed by atoms with van der Waals surface area (Å²) in [6.45, 7) is 6.16. The fraction of sp³-hybridized carbons (Fsp3) is 0.600. The van der Waals surface area contributed by atoms with Crippen molar-refractivity contribution < 1.29 is 19.1 Å². The molecule has 0 heterocycles. The molecular weight excluding hydrogens is 332 g/mol. The first-order valence-corrected chi connectivity index (χ1v) is 9.22. The number of carbonyl (C=O) groups excluding carboxylic acids is 2. The van der Waals surface area contributed by atoms with Gasteiger partial charge in [-0.3, -0.25) is 4.79 Å². The van der Waals surface area contributed by atoms with Crippen LogP contribution in [-0.4, -0.2) is 30.2 Å². The first-order valence-electron chi connectivity index (χ1n) is 9.22. The highest BCUT2D eigenvalue weighted by molar-refractivity contribution is 5.77. The molecule has 0 radical (unpaired) electrons. The minimum atomic E-state index is -0.808. The Bertz CT molecular complexity index is 601. The Hall–Kier alpha value is -1.92. The molecular formula is C20H30N2O4. The summed E-state index contributed by atoms with van der Waals surface area (Å²) in [6.07, 6.45) is 4.33. The highest BCUT2D eigenvalue weighted by Gasteiger charge is 2.23. The molecule has 0 spiro atoms. The summed E-state index contributed by atoms with van der Waals surface area (Å²) in [7, 11) is 0. The third-order valence-electron chi connectivity index (χ3n) is 4.20. The average molecular weight is 362 g/mol. The minimum Gasteiger partial charge on any atom is -0.461 e. The first kappa shape index (κ1) is 20.4. The van der Waals surface area contributed by atoms with Crippen LogP contribution >= 0.6 is 0 Å². The molecule has 2 rings (SSSR count). The van der Waals surface area contributed by atoms with Crippen molar-refractivity contribution in [2.45, 2.75) is 70.7 Å². The first-order chi connectivity index (χ1) is 12.2.